The lowest BCUT2D eigenvalue weighted by Crippen LogP contribution is -2.36. The highest BCUT2D eigenvalue weighted by atomic mass is 32.2. The van der Waals surface area contributed by atoms with Gasteiger partial charge in [0.25, 0.3) is 0 Å². The number of aryl methyl sites for hydroxylation is 1. The van der Waals surface area contributed by atoms with Gasteiger partial charge in [0.2, 0.25) is 0 Å². The smallest absolute Gasteiger partial charge is 0.322 e. The Kier molecular flexibility index (Phi) is 6.44. The second kappa shape index (κ2) is 7.47. The first-order valence-corrected chi connectivity index (χ1v) is 8.28. The van der Waals surface area contributed by atoms with Crippen molar-refractivity contribution in [1.82, 2.24) is 0 Å². The van der Waals surface area contributed by atoms with E-state index in [2.05, 4.69) is 0 Å². The summed E-state index contributed by atoms with van der Waals surface area (Å²) in [4.78, 5) is 12.7. The Morgan fingerprint density at radius 3 is 2.45 bits per heavy atom. The van der Waals surface area contributed by atoms with Crippen LogP contribution >= 0.6 is 11.8 Å². The second-order valence-electron chi connectivity index (χ2n) is 6.77. The van der Waals surface area contributed by atoms with E-state index >= 15 is 0 Å². The maximum atomic E-state index is 14.0. The molecule has 0 aliphatic carbocycles. The van der Waals surface area contributed by atoms with Crippen molar-refractivity contribution in [3.05, 3.63) is 29.6 Å². The summed E-state index contributed by atoms with van der Waals surface area (Å²) in [5, 5.41) is 0. The molecule has 0 radical (unpaired) electrons. The van der Waals surface area contributed by atoms with Crippen molar-refractivity contribution in [1.29, 1.82) is 0 Å². The number of hydrogen-bond donors (Lipinski definition) is 1. The maximum Gasteiger partial charge on any atom is 0.322 e. The highest BCUT2D eigenvalue weighted by Crippen LogP contribution is 2.36. The van der Waals surface area contributed by atoms with Gasteiger partial charge in [-0.1, -0.05) is 6.07 Å². The van der Waals surface area contributed by atoms with Crippen LogP contribution in [-0.2, 0) is 16.0 Å². The summed E-state index contributed by atoms with van der Waals surface area (Å²) in [7, 11) is 0. The zero-order valence-electron chi connectivity index (χ0n) is 14.0. The predicted octanol–water partition coefficient (Wildman–Crippen LogP) is 3.93. The van der Waals surface area contributed by atoms with Crippen LogP contribution in [0.2, 0.25) is 0 Å². The Hall–Kier alpha value is -1.07. The van der Waals surface area contributed by atoms with Gasteiger partial charge >= 0.3 is 5.97 Å². The number of benzene rings is 1. The molecule has 22 heavy (non-hydrogen) atoms. The maximum absolute atomic E-state index is 14.0. The molecule has 0 aliphatic rings. The molecule has 0 bridgehead atoms. The molecule has 1 aromatic carbocycles. The molecule has 3 nitrogen and oxygen atoms in total. The van der Waals surface area contributed by atoms with E-state index in [-0.39, 0.29) is 11.8 Å². The molecule has 0 heterocycles. The molecule has 0 aromatic heterocycles. The molecule has 0 amide bonds. The van der Waals surface area contributed by atoms with Crippen LogP contribution in [0.4, 0.5) is 4.39 Å². The summed E-state index contributed by atoms with van der Waals surface area (Å²) in [6.07, 6.45) is 1.66. The van der Waals surface area contributed by atoms with E-state index < -0.39 is 10.3 Å². The molecule has 0 saturated carbocycles. The number of esters is 1. The van der Waals surface area contributed by atoms with Crippen LogP contribution in [-0.4, -0.2) is 22.9 Å². The molecule has 1 aromatic rings. The van der Waals surface area contributed by atoms with Crippen LogP contribution in [0.15, 0.2) is 23.1 Å². The first kappa shape index (κ1) is 19.0. The normalized spacial score (nSPS) is 12.3. The van der Waals surface area contributed by atoms with Gasteiger partial charge in [-0.15, -0.1) is 11.8 Å². The van der Waals surface area contributed by atoms with Gasteiger partial charge in [0, 0.05) is 4.90 Å². The zero-order valence-corrected chi connectivity index (χ0v) is 14.8. The number of carbonyl (C=O) groups is 1. The largest absolute Gasteiger partial charge is 0.459 e. The van der Waals surface area contributed by atoms with E-state index in [1.807, 2.05) is 20.8 Å². The summed E-state index contributed by atoms with van der Waals surface area (Å²) in [6.45, 7) is 9.55. The molecule has 0 unspecified atom stereocenters. The molecule has 0 atom stereocenters. The summed E-state index contributed by atoms with van der Waals surface area (Å²) in [5.41, 5.74) is 5.97. The Morgan fingerprint density at radius 2 is 1.91 bits per heavy atom. The average molecular weight is 327 g/mol. The third kappa shape index (κ3) is 5.97. The molecule has 1 rings (SSSR count). The predicted molar refractivity (Wildman–Crippen MR) is 89.6 cm³/mol. The van der Waals surface area contributed by atoms with Crippen molar-refractivity contribution in [3.8, 4) is 0 Å². The third-order valence-corrected chi connectivity index (χ3v) is 4.13. The van der Waals surface area contributed by atoms with Gasteiger partial charge < -0.3 is 10.5 Å². The van der Waals surface area contributed by atoms with Crippen LogP contribution in [0.25, 0.3) is 0 Å². The minimum absolute atomic E-state index is 0.321. The van der Waals surface area contributed by atoms with E-state index in [9.17, 15) is 9.18 Å². The van der Waals surface area contributed by atoms with Crippen molar-refractivity contribution in [3.63, 3.8) is 0 Å². The molecular formula is C17H26FNO2S. The fourth-order valence-corrected chi connectivity index (χ4v) is 2.86. The van der Waals surface area contributed by atoms with E-state index in [1.54, 1.807) is 26.0 Å². The first-order valence-electron chi connectivity index (χ1n) is 7.46. The third-order valence-electron chi connectivity index (χ3n) is 2.92. The number of ether oxygens (including phenoxy) is 1. The molecule has 124 valence electrons. The number of rotatable bonds is 6. The minimum Gasteiger partial charge on any atom is -0.459 e. The van der Waals surface area contributed by atoms with E-state index in [4.69, 9.17) is 10.5 Å². The van der Waals surface area contributed by atoms with Crippen molar-refractivity contribution in [2.45, 2.75) is 62.7 Å². The Bertz CT molecular complexity index is 524. The van der Waals surface area contributed by atoms with Crippen LogP contribution in [0.3, 0.4) is 0 Å². The van der Waals surface area contributed by atoms with Gasteiger partial charge in [0.1, 0.15) is 16.2 Å². The standard InChI is InChI=1S/C17H26FNO2S/c1-16(2,3)21-15(20)17(4,5)22-14-11-12(7-6-10-19)8-9-13(14)18/h8-9,11H,6-7,10,19H2,1-5H3. The van der Waals surface area contributed by atoms with Gasteiger partial charge in [0.15, 0.2) is 0 Å². The second-order valence-corrected chi connectivity index (χ2v) is 8.44. The molecule has 0 fully saturated rings. The zero-order chi connectivity index (χ0) is 17.0. The Morgan fingerprint density at radius 1 is 1.27 bits per heavy atom. The van der Waals surface area contributed by atoms with Crippen LogP contribution in [0.5, 0.6) is 0 Å². The lowest BCUT2D eigenvalue weighted by molar-refractivity contribution is -0.156. The fourth-order valence-electron chi connectivity index (χ4n) is 1.81. The lowest BCUT2D eigenvalue weighted by atomic mass is 10.1. The lowest BCUT2D eigenvalue weighted by Gasteiger charge is -2.28. The van der Waals surface area contributed by atoms with Gasteiger partial charge in [-0.2, -0.15) is 0 Å². The molecule has 2 N–H and O–H groups in total. The summed E-state index contributed by atoms with van der Waals surface area (Å²) < 4.78 is 18.6. The number of nitrogens with two attached hydrogens (primary N) is 1. The van der Waals surface area contributed by atoms with Gasteiger partial charge in [0.05, 0.1) is 0 Å². The van der Waals surface area contributed by atoms with Crippen molar-refractivity contribution in [2.24, 2.45) is 5.73 Å². The highest BCUT2D eigenvalue weighted by molar-refractivity contribution is 8.01. The summed E-state index contributed by atoms with van der Waals surface area (Å²) >= 11 is 1.19. The van der Waals surface area contributed by atoms with E-state index in [1.165, 1.54) is 17.8 Å². The SMILES string of the molecule is CC(C)(C)OC(=O)C(C)(C)Sc1cc(CCCN)ccc1F. The Balaban J connectivity index is 2.89. The summed E-state index contributed by atoms with van der Waals surface area (Å²) in [5.74, 6) is -0.671. The number of carbonyl (C=O) groups excluding carboxylic acids is 1. The van der Waals surface area contributed by atoms with Gasteiger partial charge in [-0.05, 0) is 71.7 Å². The fraction of sp³-hybridized carbons (Fsp3) is 0.588. The monoisotopic (exact) mass is 327 g/mol. The van der Waals surface area contributed by atoms with Gasteiger partial charge in [-0.25, -0.2) is 4.39 Å². The van der Waals surface area contributed by atoms with Crippen LogP contribution in [0.1, 0.15) is 46.6 Å². The molecule has 0 saturated heterocycles. The van der Waals surface area contributed by atoms with E-state index in [0.29, 0.717) is 11.4 Å². The minimum atomic E-state index is -0.861. The number of hydrogen-bond acceptors (Lipinski definition) is 4. The van der Waals surface area contributed by atoms with Gasteiger partial charge in [-0.3, -0.25) is 4.79 Å². The van der Waals surface area contributed by atoms with Crippen molar-refractivity contribution >= 4 is 17.7 Å². The molecule has 0 aliphatic heterocycles. The summed E-state index contributed by atoms with van der Waals surface area (Å²) in [6, 6.07) is 5.00. The van der Waals surface area contributed by atoms with Crippen molar-refractivity contribution < 1.29 is 13.9 Å². The topological polar surface area (TPSA) is 52.3 Å². The molecular weight excluding hydrogens is 301 g/mol. The average Bonchev–Trinajstić information content (AvgIpc) is 2.37. The van der Waals surface area contributed by atoms with E-state index in [0.717, 1.165) is 18.4 Å². The van der Waals surface area contributed by atoms with Crippen LogP contribution in [0, 0.1) is 5.82 Å². The number of thioether (sulfide) groups is 1. The first-order chi connectivity index (χ1) is 10.0. The quantitative estimate of drug-likeness (QED) is 0.635. The number of halogens is 1. The highest BCUT2D eigenvalue weighted by Gasteiger charge is 2.34. The van der Waals surface area contributed by atoms with Crippen LogP contribution < -0.4 is 5.73 Å². The molecule has 5 heteroatoms. The Labute approximate surface area is 136 Å². The van der Waals surface area contributed by atoms with Crippen molar-refractivity contribution in [2.75, 3.05) is 6.54 Å². The molecule has 0 spiro atoms.